The van der Waals surface area contributed by atoms with Gasteiger partial charge in [-0.25, -0.2) is 4.79 Å². The van der Waals surface area contributed by atoms with Gasteiger partial charge in [0, 0.05) is 10.8 Å². The Hall–Kier alpha value is -2.12. The smallest absolute Gasteiger partial charge is 0.338 e. The Balaban J connectivity index is 2.18. The molecule has 0 bridgehead atoms. The van der Waals surface area contributed by atoms with E-state index in [0.29, 0.717) is 5.56 Å². The maximum Gasteiger partial charge on any atom is 0.338 e. The average molecular weight is 307 g/mol. The van der Waals surface area contributed by atoms with Gasteiger partial charge < -0.3 is 19.7 Å². The third-order valence-corrected chi connectivity index (χ3v) is 3.60. The molecule has 0 saturated carbocycles. The number of carbonyl (C=O) groups is 1. The summed E-state index contributed by atoms with van der Waals surface area (Å²) in [6.45, 7) is 1.16. The third-order valence-electron chi connectivity index (χ3n) is 3.60. The topological polar surface area (TPSA) is 125 Å². The lowest BCUT2D eigenvalue weighted by Crippen LogP contribution is -2.55. The standard InChI is InChI=1S/C14H17N3O5/c1-8-12(22-14(20)9-5-3-2-4-6-9)11(19)10(7-18)21-13(8)16-17-15/h2-6,8,10-13,18-19H,7H2,1H3/t8?,10?,11-,12-,13-/m1/s1. The van der Waals surface area contributed by atoms with Crippen molar-refractivity contribution in [1.29, 1.82) is 0 Å². The van der Waals surface area contributed by atoms with Crippen LogP contribution < -0.4 is 0 Å². The van der Waals surface area contributed by atoms with Gasteiger partial charge in [-0.05, 0) is 17.7 Å². The maximum absolute atomic E-state index is 12.1. The number of benzene rings is 1. The first-order valence-corrected chi connectivity index (χ1v) is 6.83. The minimum atomic E-state index is -1.21. The van der Waals surface area contributed by atoms with Crippen molar-refractivity contribution in [2.24, 2.45) is 11.0 Å². The fourth-order valence-corrected chi connectivity index (χ4v) is 2.35. The predicted octanol–water partition coefficient (Wildman–Crippen LogP) is 1.24. The van der Waals surface area contributed by atoms with Crippen LogP contribution in [0.4, 0.5) is 0 Å². The van der Waals surface area contributed by atoms with Crippen LogP contribution in [0.15, 0.2) is 35.4 Å². The molecule has 2 rings (SSSR count). The van der Waals surface area contributed by atoms with E-state index in [-0.39, 0.29) is 0 Å². The first-order chi connectivity index (χ1) is 10.6. The van der Waals surface area contributed by atoms with Crippen molar-refractivity contribution >= 4 is 5.97 Å². The Kier molecular flexibility index (Phi) is 5.35. The van der Waals surface area contributed by atoms with E-state index in [9.17, 15) is 15.0 Å². The molecule has 8 nitrogen and oxygen atoms in total. The predicted molar refractivity (Wildman–Crippen MR) is 75.7 cm³/mol. The fraction of sp³-hybridized carbons (Fsp3) is 0.500. The van der Waals surface area contributed by atoms with Gasteiger partial charge in [-0.3, -0.25) is 0 Å². The summed E-state index contributed by atoms with van der Waals surface area (Å²) in [5.41, 5.74) is 8.89. The molecule has 2 unspecified atom stereocenters. The highest BCUT2D eigenvalue weighted by molar-refractivity contribution is 5.89. The molecular formula is C14H17N3O5. The molecule has 1 aliphatic rings. The van der Waals surface area contributed by atoms with Crippen LogP contribution in [0.5, 0.6) is 0 Å². The van der Waals surface area contributed by atoms with Crippen LogP contribution in [0, 0.1) is 5.92 Å². The van der Waals surface area contributed by atoms with Crippen molar-refractivity contribution in [2.75, 3.05) is 6.61 Å². The molecule has 1 heterocycles. The summed E-state index contributed by atoms with van der Waals surface area (Å²) in [6.07, 6.45) is -4.08. The molecule has 1 saturated heterocycles. The molecule has 0 spiro atoms. The highest BCUT2D eigenvalue weighted by Crippen LogP contribution is 2.29. The quantitative estimate of drug-likeness (QED) is 0.374. The second-order valence-corrected chi connectivity index (χ2v) is 5.04. The summed E-state index contributed by atoms with van der Waals surface area (Å²) in [4.78, 5) is 14.8. The molecule has 2 N–H and O–H groups in total. The molecule has 1 fully saturated rings. The van der Waals surface area contributed by atoms with Gasteiger partial charge in [-0.1, -0.05) is 30.2 Å². The van der Waals surface area contributed by atoms with E-state index in [0.717, 1.165) is 0 Å². The van der Waals surface area contributed by atoms with Crippen LogP contribution in [-0.2, 0) is 9.47 Å². The summed E-state index contributed by atoms with van der Waals surface area (Å²) in [5.74, 6) is -1.16. The number of nitrogens with zero attached hydrogens (tertiary/aromatic N) is 3. The second-order valence-electron chi connectivity index (χ2n) is 5.04. The monoisotopic (exact) mass is 307 g/mol. The maximum atomic E-state index is 12.1. The molecule has 1 aromatic rings. The van der Waals surface area contributed by atoms with Crippen LogP contribution in [0.1, 0.15) is 17.3 Å². The van der Waals surface area contributed by atoms with Crippen molar-refractivity contribution in [3.63, 3.8) is 0 Å². The molecule has 0 amide bonds. The van der Waals surface area contributed by atoms with Crippen LogP contribution in [0.2, 0.25) is 0 Å². The zero-order valence-corrected chi connectivity index (χ0v) is 11.9. The zero-order valence-electron chi connectivity index (χ0n) is 11.9. The number of ether oxygens (including phenoxy) is 2. The van der Waals surface area contributed by atoms with E-state index in [4.69, 9.17) is 15.0 Å². The zero-order chi connectivity index (χ0) is 16.1. The molecule has 118 valence electrons. The van der Waals surface area contributed by atoms with Crippen LogP contribution >= 0.6 is 0 Å². The minimum absolute atomic E-state index is 0.342. The largest absolute Gasteiger partial charge is 0.456 e. The normalized spacial score (nSPS) is 31.1. The molecular weight excluding hydrogens is 290 g/mol. The molecule has 1 aromatic carbocycles. The van der Waals surface area contributed by atoms with E-state index in [1.807, 2.05) is 0 Å². The van der Waals surface area contributed by atoms with Crippen LogP contribution in [0.25, 0.3) is 10.4 Å². The first kappa shape index (κ1) is 16.3. The van der Waals surface area contributed by atoms with Crippen molar-refractivity contribution in [1.82, 2.24) is 0 Å². The Morgan fingerprint density at radius 2 is 2.14 bits per heavy atom. The van der Waals surface area contributed by atoms with Gasteiger partial charge in [0.25, 0.3) is 0 Å². The summed E-state index contributed by atoms with van der Waals surface area (Å²) in [7, 11) is 0. The summed E-state index contributed by atoms with van der Waals surface area (Å²) >= 11 is 0. The van der Waals surface area contributed by atoms with Crippen LogP contribution in [-0.4, -0.2) is 47.3 Å². The van der Waals surface area contributed by atoms with Gasteiger partial charge in [-0.2, -0.15) is 0 Å². The SMILES string of the molecule is CC1[C@H](N=[N+]=[N-])OC(CO)[C@@H](O)[C@@H]1OC(=O)c1ccccc1. The molecule has 5 atom stereocenters. The first-order valence-electron chi connectivity index (χ1n) is 6.83. The van der Waals surface area contributed by atoms with Crippen molar-refractivity contribution in [2.45, 2.75) is 31.5 Å². The second kappa shape index (κ2) is 7.24. The molecule has 0 radical (unpaired) electrons. The van der Waals surface area contributed by atoms with Gasteiger partial charge in [0.2, 0.25) is 0 Å². The molecule has 1 aliphatic heterocycles. The number of hydrogen-bond acceptors (Lipinski definition) is 6. The van der Waals surface area contributed by atoms with Gasteiger partial charge in [-0.15, -0.1) is 0 Å². The lowest BCUT2D eigenvalue weighted by atomic mass is 9.91. The number of carbonyl (C=O) groups excluding carboxylic acids is 1. The molecule has 0 aliphatic carbocycles. The third kappa shape index (κ3) is 3.37. The van der Waals surface area contributed by atoms with Gasteiger partial charge in [0.05, 0.1) is 12.2 Å². The Morgan fingerprint density at radius 3 is 2.73 bits per heavy atom. The fourth-order valence-electron chi connectivity index (χ4n) is 2.35. The Morgan fingerprint density at radius 1 is 1.45 bits per heavy atom. The van der Waals surface area contributed by atoms with Gasteiger partial charge in [0.1, 0.15) is 24.5 Å². The lowest BCUT2D eigenvalue weighted by Gasteiger charge is -2.41. The number of rotatable bonds is 4. The van der Waals surface area contributed by atoms with Crippen molar-refractivity contribution < 1.29 is 24.5 Å². The van der Waals surface area contributed by atoms with E-state index in [1.165, 1.54) is 0 Å². The highest BCUT2D eigenvalue weighted by Gasteiger charge is 2.44. The van der Waals surface area contributed by atoms with E-state index < -0.39 is 43.0 Å². The molecule has 0 aromatic heterocycles. The number of hydrogen-bond donors (Lipinski definition) is 2. The number of aliphatic hydroxyl groups excluding tert-OH is 2. The number of esters is 1. The highest BCUT2D eigenvalue weighted by atomic mass is 16.6. The molecule has 22 heavy (non-hydrogen) atoms. The summed E-state index contributed by atoms with van der Waals surface area (Å²) in [6, 6.07) is 8.34. The average Bonchev–Trinajstić information content (AvgIpc) is 2.54. The van der Waals surface area contributed by atoms with E-state index >= 15 is 0 Å². The van der Waals surface area contributed by atoms with Gasteiger partial charge in [0.15, 0.2) is 0 Å². The Bertz CT molecular complexity index is 561. The van der Waals surface area contributed by atoms with Crippen molar-refractivity contribution in [3.05, 3.63) is 46.3 Å². The van der Waals surface area contributed by atoms with E-state index in [2.05, 4.69) is 10.0 Å². The van der Waals surface area contributed by atoms with Crippen LogP contribution in [0.3, 0.4) is 0 Å². The molecule has 8 heteroatoms. The van der Waals surface area contributed by atoms with Crippen molar-refractivity contribution in [3.8, 4) is 0 Å². The van der Waals surface area contributed by atoms with E-state index in [1.54, 1.807) is 37.3 Å². The minimum Gasteiger partial charge on any atom is -0.456 e. The summed E-state index contributed by atoms with van der Waals surface area (Å²) < 4.78 is 10.7. The number of azide groups is 1. The van der Waals surface area contributed by atoms with Gasteiger partial charge >= 0.3 is 5.97 Å². The lowest BCUT2D eigenvalue weighted by molar-refractivity contribution is -0.203. The summed E-state index contributed by atoms with van der Waals surface area (Å²) in [5, 5.41) is 22.9. The number of aliphatic hydroxyl groups is 2. The Labute approximate surface area is 126 Å².